The molecule has 0 bridgehead atoms. The van der Waals surface area contributed by atoms with Gasteiger partial charge in [0.05, 0.1) is 5.56 Å². The Morgan fingerprint density at radius 2 is 1.75 bits per heavy atom. The lowest BCUT2D eigenvalue weighted by Crippen LogP contribution is -2.11. The fraction of sp³-hybridized carbons (Fsp3) is 0.250. The van der Waals surface area contributed by atoms with Crippen molar-refractivity contribution in [2.75, 3.05) is 0 Å². The van der Waals surface area contributed by atoms with Crippen LogP contribution in [0.25, 0.3) is 0 Å². The van der Waals surface area contributed by atoms with E-state index in [1.54, 1.807) is 13.0 Å². The summed E-state index contributed by atoms with van der Waals surface area (Å²) in [6.07, 6.45) is 0. The number of carbonyl (C=O) groups excluding carboxylic acids is 3. The summed E-state index contributed by atoms with van der Waals surface area (Å²) in [5.74, 6) is -1.42. The van der Waals surface area contributed by atoms with Gasteiger partial charge in [0.25, 0.3) is 0 Å². The highest BCUT2D eigenvalue weighted by atomic mass is 16.6. The first kappa shape index (κ1) is 12.1. The highest BCUT2D eigenvalue weighted by Crippen LogP contribution is 2.13. The Bertz CT molecular complexity index is 460. The van der Waals surface area contributed by atoms with Gasteiger partial charge < -0.3 is 4.74 Å². The fourth-order valence-electron chi connectivity index (χ4n) is 1.30. The van der Waals surface area contributed by atoms with Gasteiger partial charge in [0.15, 0.2) is 5.78 Å². The number of benzene rings is 1. The van der Waals surface area contributed by atoms with Crippen LogP contribution in [0.4, 0.5) is 0 Å². The van der Waals surface area contributed by atoms with Crippen LogP contribution in [-0.2, 0) is 9.53 Å². The van der Waals surface area contributed by atoms with E-state index >= 15 is 0 Å². The normalized spacial score (nSPS) is 9.69. The second kappa shape index (κ2) is 4.70. The Balaban J connectivity index is 3.03. The molecule has 1 aromatic carbocycles. The van der Waals surface area contributed by atoms with E-state index in [1.165, 1.54) is 19.1 Å². The second-order valence-corrected chi connectivity index (χ2v) is 3.47. The molecule has 0 fully saturated rings. The molecule has 84 valence electrons. The average molecular weight is 220 g/mol. The zero-order chi connectivity index (χ0) is 12.3. The lowest BCUT2D eigenvalue weighted by atomic mass is 10.0. The van der Waals surface area contributed by atoms with Gasteiger partial charge in [-0.25, -0.2) is 4.79 Å². The van der Waals surface area contributed by atoms with Crippen molar-refractivity contribution in [1.82, 2.24) is 0 Å². The molecule has 0 heterocycles. The molecule has 1 aromatic rings. The van der Waals surface area contributed by atoms with Crippen LogP contribution in [0.5, 0.6) is 0 Å². The van der Waals surface area contributed by atoms with E-state index in [9.17, 15) is 14.4 Å². The molecule has 0 unspecified atom stereocenters. The van der Waals surface area contributed by atoms with Crippen LogP contribution in [0.2, 0.25) is 0 Å². The van der Waals surface area contributed by atoms with E-state index in [-0.39, 0.29) is 5.78 Å². The van der Waals surface area contributed by atoms with Crippen LogP contribution in [0, 0.1) is 6.92 Å². The van der Waals surface area contributed by atoms with Gasteiger partial charge in [0, 0.05) is 12.5 Å². The molecule has 1 rings (SSSR count). The van der Waals surface area contributed by atoms with Crippen molar-refractivity contribution in [2.24, 2.45) is 0 Å². The van der Waals surface area contributed by atoms with Crippen molar-refractivity contribution in [3.63, 3.8) is 0 Å². The van der Waals surface area contributed by atoms with Crippen molar-refractivity contribution >= 4 is 17.7 Å². The Labute approximate surface area is 93.2 Å². The summed E-state index contributed by atoms with van der Waals surface area (Å²) < 4.78 is 4.45. The zero-order valence-corrected chi connectivity index (χ0v) is 9.37. The molecule has 0 N–H and O–H groups in total. The first-order valence-electron chi connectivity index (χ1n) is 4.76. The van der Waals surface area contributed by atoms with Crippen LogP contribution in [0.1, 0.15) is 40.1 Å². The third-order valence-electron chi connectivity index (χ3n) is 2.09. The first-order chi connectivity index (χ1) is 7.41. The number of rotatable bonds is 2. The smallest absolute Gasteiger partial charge is 0.346 e. The third kappa shape index (κ3) is 2.76. The summed E-state index contributed by atoms with van der Waals surface area (Å²) >= 11 is 0. The number of esters is 2. The van der Waals surface area contributed by atoms with E-state index < -0.39 is 11.9 Å². The Kier molecular flexibility index (Phi) is 3.55. The Morgan fingerprint density at radius 1 is 1.12 bits per heavy atom. The molecule has 0 amide bonds. The fourth-order valence-corrected chi connectivity index (χ4v) is 1.30. The SMILES string of the molecule is CC(=O)OC(=O)c1ccc(C(C)=O)cc1C. The lowest BCUT2D eigenvalue weighted by Gasteiger charge is -2.05. The highest BCUT2D eigenvalue weighted by molar-refractivity contribution is 5.99. The van der Waals surface area contributed by atoms with E-state index in [1.807, 2.05) is 0 Å². The predicted molar refractivity (Wildman–Crippen MR) is 57.3 cm³/mol. The number of hydrogen-bond acceptors (Lipinski definition) is 4. The van der Waals surface area contributed by atoms with Gasteiger partial charge in [-0.1, -0.05) is 6.07 Å². The van der Waals surface area contributed by atoms with E-state index in [0.29, 0.717) is 16.7 Å². The van der Waals surface area contributed by atoms with E-state index in [4.69, 9.17) is 0 Å². The lowest BCUT2D eigenvalue weighted by molar-refractivity contribution is -0.135. The third-order valence-corrected chi connectivity index (χ3v) is 2.09. The van der Waals surface area contributed by atoms with Gasteiger partial charge >= 0.3 is 11.9 Å². The molecule has 0 aliphatic rings. The van der Waals surface area contributed by atoms with Gasteiger partial charge in [-0.3, -0.25) is 9.59 Å². The van der Waals surface area contributed by atoms with Gasteiger partial charge in [0.2, 0.25) is 0 Å². The van der Waals surface area contributed by atoms with Gasteiger partial charge in [-0.15, -0.1) is 0 Å². The predicted octanol–water partition coefficient (Wildman–Crippen LogP) is 1.90. The summed E-state index contributed by atoms with van der Waals surface area (Å²) in [5, 5.41) is 0. The summed E-state index contributed by atoms with van der Waals surface area (Å²) in [4.78, 5) is 33.1. The largest absolute Gasteiger partial charge is 0.390 e. The highest BCUT2D eigenvalue weighted by Gasteiger charge is 2.13. The monoisotopic (exact) mass is 220 g/mol. The topological polar surface area (TPSA) is 60.4 Å². The van der Waals surface area contributed by atoms with Crippen molar-refractivity contribution in [1.29, 1.82) is 0 Å². The molecule has 16 heavy (non-hydrogen) atoms. The maximum absolute atomic E-state index is 11.4. The van der Waals surface area contributed by atoms with Crippen LogP contribution in [0.3, 0.4) is 0 Å². The molecule has 0 radical (unpaired) electrons. The molecule has 0 aromatic heterocycles. The number of aryl methyl sites for hydroxylation is 1. The first-order valence-corrected chi connectivity index (χ1v) is 4.76. The Morgan fingerprint density at radius 3 is 2.19 bits per heavy atom. The van der Waals surface area contributed by atoms with Crippen molar-refractivity contribution in [3.05, 3.63) is 34.9 Å². The molecule has 4 nitrogen and oxygen atoms in total. The minimum absolute atomic E-state index is 0.0745. The summed E-state index contributed by atoms with van der Waals surface area (Å²) in [6.45, 7) is 4.29. The van der Waals surface area contributed by atoms with Crippen LogP contribution in [0.15, 0.2) is 18.2 Å². The number of ether oxygens (including phenoxy) is 1. The molecule has 4 heteroatoms. The molecule has 0 aliphatic heterocycles. The molecule has 0 saturated heterocycles. The maximum atomic E-state index is 11.4. The van der Waals surface area contributed by atoms with E-state index in [2.05, 4.69) is 4.74 Å². The summed E-state index contributed by atoms with van der Waals surface area (Å²) in [7, 11) is 0. The summed E-state index contributed by atoms with van der Waals surface area (Å²) in [6, 6.07) is 4.61. The molecule has 0 spiro atoms. The average Bonchev–Trinajstić information content (AvgIpc) is 2.15. The molecular weight excluding hydrogens is 208 g/mol. The molecule has 0 saturated carbocycles. The standard InChI is InChI=1S/C12H12O4/c1-7-6-10(8(2)13)4-5-11(7)12(15)16-9(3)14/h4-6H,1-3H3. The number of ketones is 1. The quantitative estimate of drug-likeness (QED) is 0.434. The number of carbonyl (C=O) groups is 3. The Hall–Kier alpha value is -1.97. The number of hydrogen-bond donors (Lipinski definition) is 0. The van der Waals surface area contributed by atoms with Crippen LogP contribution in [-0.4, -0.2) is 17.7 Å². The minimum Gasteiger partial charge on any atom is -0.390 e. The van der Waals surface area contributed by atoms with Crippen LogP contribution >= 0.6 is 0 Å². The second-order valence-electron chi connectivity index (χ2n) is 3.47. The summed E-state index contributed by atoms with van der Waals surface area (Å²) in [5.41, 5.74) is 1.43. The van der Waals surface area contributed by atoms with Crippen LogP contribution < -0.4 is 0 Å². The zero-order valence-electron chi connectivity index (χ0n) is 9.37. The molecule has 0 aliphatic carbocycles. The molecule has 0 atom stereocenters. The number of Topliss-reactive ketones (excluding diaryl/α,β-unsaturated/α-hetero) is 1. The van der Waals surface area contributed by atoms with E-state index in [0.717, 1.165) is 6.92 Å². The van der Waals surface area contributed by atoms with Crippen molar-refractivity contribution in [2.45, 2.75) is 20.8 Å². The van der Waals surface area contributed by atoms with Gasteiger partial charge in [-0.2, -0.15) is 0 Å². The van der Waals surface area contributed by atoms with Gasteiger partial charge in [0.1, 0.15) is 0 Å². The molecular formula is C12H12O4. The van der Waals surface area contributed by atoms with Gasteiger partial charge in [-0.05, 0) is 31.5 Å². The maximum Gasteiger partial charge on any atom is 0.346 e. The minimum atomic E-state index is -0.694. The van der Waals surface area contributed by atoms with Crippen molar-refractivity contribution < 1.29 is 19.1 Å². The van der Waals surface area contributed by atoms with Crippen molar-refractivity contribution in [3.8, 4) is 0 Å².